The van der Waals surface area contributed by atoms with Crippen LogP contribution in [-0.4, -0.2) is 31.7 Å². The Morgan fingerprint density at radius 3 is 2.65 bits per heavy atom. The Morgan fingerprint density at radius 1 is 1.45 bits per heavy atom. The Kier molecular flexibility index (Phi) is 3.51. The maximum absolute atomic E-state index is 11.0. The van der Waals surface area contributed by atoms with Crippen molar-refractivity contribution in [3.05, 3.63) is 27.7 Å². The van der Waals surface area contributed by atoms with Crippen molar-refractivity contribution in [3.63, 3.8) is 0 Å². The first-order valence-electron chi connectivity index (χ1n) is 5.81. The van der Waals surface area contributed by atoms with Crippen molar-refractivity contribution in [2.24, 2.45) is 7.05 Å². The summed E-state index contributed by atoms with van der Waals surface area (Å²) in [5.74, 6) is 0.578. The minimum absolute atomic E-state index is 0.117. The van der Waals surface area contributed by atoms with Crippen LogP contribution in [0.25, 0.3) is 0 Å². The topological polar surface area (TPSA) is 108 Å². The molecule has 0 aliphatic rings. The lowest BCUT2D eigenvalue weighted by Gasteiger charge is -2.06. The average Bonchev–Trinajstić information content (AvgIpc) is 2.65. The lowest BCUT2D eigenvalue weighted by molar-refractivity contribution is -0.386. The van der Waals surface area contributed by atoms with Crippen LogP contribution in [0.15, 0.2) is 6.20 Å². The molecule has 0 unspecified atom stereocenters. The number of hydrogen-bond acceptors (Lipinski definition) is 7. The molecule has 0 fully saturated rings. The molecule has 0 aliphatic carbocycles. The maximum Gasteiger partial charge on any atom is 0.349 e. The van der Waals surface area contributed by atoms with E-state index in [0.29, 0.717) is 11.4 Å². The average molecular weight is 278 g/mol. The third-order valence-electron chi connectivity index (χ3n) is 2.80. The minimum Gasteiger partial charge on any atom is -0.430 e. The molecule has 0 saturated heterocycles. The van der Waals surface area contributed by atoms with Crippen molar-refractivity contribution in [1.29, 1.82) is 0 Å². The van der Waals surface area contributed by atoms with Gasteiger partial charge < -0.3 is 10.1 Å². The standard InChI is InChI=1S/C11H14N6O3/c1-6-9(7(2)16(4)15-6)20-10-8(17(18)19)5-13-11(12-3)14-10/h5H,1-4H3,(H,12,13,14). The number of nitrogens with one attached hydrogen (secondary N) is 1. The number of nitro groups is 1. The first-order valence-corrected chi connectivity index (χ1v) is 5.81. The van der Waals surface area contributed by atoms with Crippen LogP contribution >= 0.6 is 0 Å². The summed E-state index contributed by atoms with van der Waals surface area (Å²) in [7, 11) is 3.38. The monoisotopic (exact) mass is 278 g/mol. The highest BCUT2D eigenvalue weighted by Crippen LogP contribution is 2.32. The molecule has 0 saturated carbocycles. The molecular formula is C11H14N6O3. The van der Waals surface area contributed by atoms with Crippen molar-refractivity contribution in [3.8, 4) is 11.6 Å². The minimum atomic E-state index is -0.587. The summed E-state index contributed by atoms with van der Waals surface area (Å²) >= 11 is 0. The van der Waals surface area contributed by atoms with E-state index in [1.807, 2.05) is 0 Å². The molecule has 1 N–H and O–H groups in total. The normalized spacial score (nSPS) is 10.4. The van der Waals surface area contributed by atoms with E-state index in [1.165, 1.54) is 0 Å². The third-order valence-corrected chi connectivity index (χ3v) is 2.80. The predicted molar refractivity (Wildman–Crippen MR) is 71.0 cm³/mol. The molecule has 2 aromatic rings. The lowest BCUT2D eigenvalue weighted by atomic mass is 10.3. The van der Waals surface area contributed by atoms with Gasteiger partial charge in [0.05, 0.1) is 10.6 Å². The Balaban J connectivity index is 2.48. The molecule has 2 rings (SSSR count). The van der Waals surface area contributed by atoms with E-state index in [1.54, 1.807) is 32.6 Å². The van der Waals surface area contributed by atoms with Gasteiger partial charge in [-0.05, 0) is 13.8 Å². The van der Waals surface area contributed by atoms with E-state index in [2.05, 4.69) is 20.4 Å². The molecule has 2 aromatic heterocycles. The molecule has 0 aliphatic heterocycles. The summed E-state index contributed by atoms with van der Waals surface area (Å²) < 4.78 is 7.22. The zero-order chi connectivity index (χ0) is 14.9. The third kappa shape index (κ3) is 2.37. The number of anilines is 1. The summed E-state index contributed by atoms with van der Waals surface area (Å²) in [4.78, 5) is 18.2. The molecular weight excluding hydrogens is 264 g/mol. The van der Waals surface area contributed by atoms with Gasteiger partial charge in [0.1, 0.15) is 11.9 Å². The van der Waals surface area contributed by atoms with Crippen LogP contribution < -0.4 is 10.1 Å². The predicted octanol–water partition coefficient (Wildman–Crippen LogP) is 1.57. The number of rotatable bonds is 4. The van der Waals surface area contributed by atoms with Gasteiger partial charge in [-0.15, -0.1) is 0 Å². The lowest BCUT2D eigenvalue weighted by Crippen LogP contribution is -2.02. The van der Waals surface area contributed by atoms with Gasteiger partial charge in [-0.1, -0.05) is 0 Å². The molecule has 0 aromatic carbocycles. The van der Waals surface area contributed by atoms with E-state index < -0.39 is 4.92 Å². The quantitative estimate of drug-likeness (QED) is 0.667. The van der Waals surface area contributed by atoms with Gasteiger partial charge in [0, 0.05) is 14.1 Å². The smallest absolute Gasteiger partial charge is 0.349 e. The van der Waals surface area contributed by atoms with Crippen LogP contribution in [0, 0.1) is 24.0 Å². The first kappa shape index (κ1) is 13.7. The van der Waals surface area contributed by atoms with Gasteiger partial charge in [-0.25, -0.2) is 4.98 Å². The largest absolute Gasteiger partial charge is 0.430 e. The molecule has 2 heterocycles. The Labute approximate surface area is 114 Å². The van der Waals surface area contributed by atoms with Crippen LogP contribution in [0.5, 0.6) is 11.6 Å². The number of ether oxygens (including phenoxy) is 1. The van der Waals surface area contributed by atoms with Gasteiger partial charge in [0.2, 0.25) is 5.95 Å². The highest BCUT2D eigenvalue weighted by atomic mass is 16.6. The SMILES string of the molecule is CNc1ncc([N+](=O)[O-])c(Oc2c(C)nn(C)c2C)n1. The summed E-state index contributed by atoms with van der Waals surface area (Å²) in [6, 6.07) is 0. The van der Waals surface area contributed by atoms with Gasteiger partial charge in [0.25, 0.3) is 0 Å². The zero-order valence-corrected chi connectivity index (χ0v) is 11.5. The summed E-state index contributed by atoms with van der Waals surface area (Å²) in [5.41, 5.74) is 1.08. The van der Waals surface area contributed by atoms with Crippen molar-refractivity contribution >= 4 is 11.6 Å². The molecule has 9 heteroatoms. The zero-order valence-electron chi connectivity index (χ0n) is 11.5. The molecule has 106 valence electrons. The first-order chi connectivity index (χ1) is 9.43. The van der Waals surface area contributed by atoms with Crippen LogP contribution in [0.4, 0.5) is 11.6 Å². The second-order valence-corrected chi connectivity index (χ2v) is 4.12. The van der Waals surface area contributed by atoms with Gasteiger partial charge in [-0.2, -0.15) is 10.1 Å². The molecule has 0 atom stereocenters. The molecule has 0 radical (unpaired) electrons. The Hall–Kier alpha value is -2.71. The Morgan fingerprint density at radius 2 is 2.15 bits per heavy atom. The molecule has 9 nitrogen and oxygen atoms in total. The number of nitrogens with zero attached hydrogens (tertiary/aromatic N) is 5. The van der Waals surface area contributed by atoms with E-state index in [9.17, 15) is 10.1 Å². The van der Waals surface area contributed by atoms with Gasteiger partial charge in [-0.3, -0.25) is 14.8 Å². The van der Waals surface area contributed by atoms with Crippen LogP contribution in [0.1, 0.15) is 11.4 Å². The van der Waals surface area contributed by atoms with Crippen molar-refractivity contribution < 1.29 is 9.66 Å². The molecule has 0 amide bonds. The molecule has 20 heavy (non-hydrogen) atoms. The fourth-order valence-corrected chi connectivity index (χ4v) is 1.68. The summed E-state index contributed by atoms with van der Waals surface area (Å²) in [5, 5.41) is 17.9. The number of aryl methyl sites for hydroxylation is 2. The van der Waals surface area contributed by atoms with E-state index in [0.717, 1.165) is 11.9 Å². The highest BCUT2D eigenvalue weighted by molar-refractivity contribution is 5.46. The van der Waals surface area contributed by atoms with Crippen LogP contribution in [-0.2, 0) is 7.05 Å². The highest BCUT2D eigenvalue weighted by Gasteiger charge is 2.22. The van der Waals surface area contributed by atoms with Gasteiger partial charge in [0.15, 0.2) is 5.75 Å². The van der Waals surface area contributed by atoms with Crippen LogP contribution in [0.2, 0.25) is 0 Å². The van der Waals surface area contributed by atoms with E-state index in [4.69, 9.17) is 4.74 Å². The number of hydrogen-bond donors (Lipinski definition) is 1. The maximum atomic E-state index is 11.0. The van der Waals surface area contributed by atoms with Crippen molar-refractivity contribution in [2.75, 3.05) is 12.4 Å². The molecule has 0 bridgehead atoms. The van der Waals surface area contributed by atoms with Crippen molar-refractivity contribution in [1.82, 2.24) is 19.7 Å². The van der Waals surface area contributed by atoms with Crippen molar-refractivity contribution in [2.45, 2.75) is 13.8 Å². The Bertz CT molecular complexity index is 666. The van der Waals surface area contributed by atoms with E-state index in [-0.39, 0.29) is 17.5 Å². The molecule has 0 spiro atoms. The number of aromatic nitrogens is 4. The second-order valence-electron chi connectivity index (χ2n) is 4.12. The van der Waals surface area contributed by atoms with Gasteiger partial charge >= 0.3 is 11.6 Å². The fourth-order valence-electron chi connectivity index (χ4n) is 1.68. The summed E-state index contributed by atoms with van der Waals surface area (Å²) in [6.07, 6.45) is 1.11. The fraction of sp³-hybridized carbons (Fsp3) is 0.364. The van der Waals surface area contributed by atoms with E-state index >= 15 is 0 Å². The second kappa shape index (κ2) is 5.11. The summed E-state index contributed by atoms with van der Waals surface area (Å²) in [6.45, 7) is 3.57. The van der Waals surface area contributed by atoms with Crippen LogP contribution in [0.3, 0.4) is 0 Å².